The summed E-state index contributed by atoms with van der Waals surface area (Å²) in [7, 11) is 0. The molecule has 2 saturated heterocycles. The molecule has 6 nitrogen and oxygen atoms in total. The molecule has 2 rings (SSSR count). The van der Waals surface area contributed by atoms with Gasteiger partial charge in [-0.25, -0.2) is 9.59 Å². The minimum atomic E-state index is -0.808. The molecule has 0 spiro atoms. The summed E-state index contributed by atoms with van der Waals surface area (Å²) in [5.41, 5.74) is 0.390. The lowest BCUT2D eigenvalue weighted by atomic mass is 10.1. The zero-order chi connectivity index (χ0) is 12.6. The summed E-state index contributed by atoms with van der Waals surface area (Å²) >= 11 is 0. The quantitative estimate of drug-likeness (QED) is 0.292. The zero-order valence-electron chi connectivity index (χ0n) is 9.52. The Morgan fingerprint density at radius 1 is 1.00 bits per heavy atom. The van der Waals surface area contributed by atoms with Crippen molar-refractivity contribution in [2.24, 2.45) is 0 Å². The van der Waals surface area contributed by atoms with Crippen molar-refractivity contribution in [3.8, 4) is 0 Å². The third-order valence-electron chi connectivity index (χ3n) is 2.65. The summed E-state index contributed by atoms with van der Waals surface area (Å²) in [6, 6.07) is 0. The third kappa shape index (κ3) is 2.78. The van der Waals surface area contributed by atoms with Crippen molar-refractivity contribution in [1.29, 1.82) is 0 Å². The molecule has 0 amide bonds. The normalized spacial score (nSPS) is 26.9. The Morgan fingerprint density at radius 2 is 1.53 bits per heavy atom. The van der Waals surface area contributed by atoms with E-state index >= 15 is 0 Å². The molecular weight excluding hydrogens is 228 g/mol. The van der Waals surface area contributed by atoms with Gasteiger partial charge in [0.25, 0.3) is 0 Å². The van der Waals surface area contributed by atoms with E-state index in [2.05, 4.69) is 9.47 Å². The Hall–Kier alpha value is -1.53. The first-order valence-corrected chi connectivity index (χ1v) is 5.21. The second kappa shape index (κ2) is 4.38. The molecule has 2 atom stereocenters. The van der Waals surface area contributed by atoms with Crippen molar-refractivity contribution in [3.05, 3.63) is 11.1 Å². The molecule has 0 aromatic carbocycles. The van der Waals surface area contributed by atoms with Crippen LogP contribution in [0.1, 0.15) is 13.8 Å². The van der Waals surface area contributed by atoms with Crippen LogP contribution in [0.15, 0.2) is 11.1 Å². The van der Waals surface area contributed by atoms with Crippen LogP contribution in [0.25, 0.3) is 0 Å². The highest BCUT2D eigenvalue weighted by Gasteiger charge is 2.36. The van der Waals surface area contributed by atoms with Crippen LogP contribution >= 0.6 is 0 Å². The molecule has 2 aliphatic heterocycles. The molecule has 2 unspecified atom stereocenters. The van der Waals surface area contributed by atoms with Crippen LogP contribution in [0.3, 0.4) is 0 Å². The monoisotopic (exact) mass is 240 g/mol. The summed E-state index contributed by atoms with van der Waals surface area (Å²) in [5, 5.41) is 0. The van der Waals surface area contributed by atoms with Gasteiger partial charge in [-0.05, 0) is 13.8 Å². The fourth-order valence-corrected chi connectivity index (χ4v) is 1.20. The summed E-state index contributed by atoms with van der Waals surface area (Å²) in [4.78, 5) is 34.3. The Bertz CT molecular complexity index is 414. The first-order chi connectivity index (χ1) is 8.00. The predicted octanol–water partition coefficient (Wildman–Crippen LogP) is -0.241. The molecule has 0 bridgehead atoms. The van der Waals surface area contributed by atoms with E-state index in [9.17, 15) is 14.4 Å². The number of rotatable bonds is 4. The molecule has 17 heavy (non-hydrogen) atoms. The molecule has 0 aliphatic carbocycles. The van der Waals surface area contributed by atoms with E-state index in [4.69, 9.17) is 4.74 Å². The van der Waals surface area contributed by atoms with Gasteiger partial charge < -0.3 is 14.2 Å². The Labute approximate surface area is 97.5 Å². The largest absolute Gasteiger partial charge is 0.388 e. The molecular formula is C11H12O6. The summed E-state index contributed by atoms with van der Waals surface area (Å²) in [6.07, 6.45) is -1.07. The maximum absolute atomic E-state index is 11.6. The topological polar surface area (TPSA) is 85.5 Å². The predicted molar refractivity (Wildman–Crippen MR) is 54.0 cm³/mol. The SMILES string of the molecule is CC(C(=O)OC(=O)C1CO1)=C(C)C(=O)C1CO1. The van der Waals surface area contributed by atoms with Crippen LogP contribution in [-0.2, 0) is 28.6 Å². The van der Waals surface area contributed by atoms with Gasteiger partial charge in [-0.2, -0.15) is 0 Å². The highest BCUT2D eigenvalue weighted by molar-refractivity contribution is 6.07. The van der Waals surface area contributed by atoms with E-state index in [-0.39, 0.29) is 23.5 Å². The average molecular weight is 240 g/mol. The molecule has 0 saturated carbocycles. The lowest BCUT2D eigenvalue weighted by Gasteiger charge is -2.04. The lowest BCUT2D eigenvalue weighted by Crippen LogP contribution is -2.20. The van der Waals surface area contributed by atoms with Crippen LogP contribution in [0, 0.1) is 0 Å². The molecule has 0 radical (unpaired) electrons. The van der Waals surface area contributed by atoms with Gasteiger partial charge in [-0.15, -0.1) is 0 Å². The number of epoxide rings is 2. The zero-order valence-corrected chi connectivity index (χ0v) is 9.52. The van der Waals surface area contributed by atoms with Crippen LogP contribution < -0.4 is 0 Å². The van der Waals surface area contributed by atoms with Crippen LogP contribution in [0.5, 0.6) is 0 Å². The Balaban J connectivity index is 1.98. The van der Waals surface area contributed by atoms with E-state index in [0.717, 1.165) is 0 Å². The number of ether oxygens (including phenoxy) is 3. The lowest BCUT2D eigenvalue weighted by molar-refractivity contribution is -0.158. The summed E-state index contributed by atoms with van der Waals surface area (Å²) in [5.74, 6) is -1.76. The maximum atomic E-state index is 11.6. The highest BCUT2D eigenvalue weighted by Crippen LogP contribution is 2.19. The number of hydrogen-bond acceptors (Lipinski definition) is 6. The summed E-state index contributed by atoms with van der Waals surface area (Å²) in [6.45, 7) is 3.62. The minimum Gasteiger partial charge on any atom is -0.388 e. The standard InChI is InChI=1S/C11H12O6/c1-5(9(12)7-3-15-7)6(2)10(13)17-11(14)8-4-16-8/h7-8H,3-4H2,1-2H3. The van der Waals surface area contributed by atoms with Crippen molar-refractivity contribution in [2.45, 2.75) is 26.1 Å². The molecule has 2 aliphatic rings. The van der Waals surface area contributed by atoms with Crippen molar-refractivity contribution in [2.75, 3.05) is 13.2 Å². The maximum Gasteiger partial charge on any atom is 0.345 e. The number of esters is 2. The van der Waals surface area contributed by atoms with Crippen molar-refractivity contribution < 1.29 is 28.6 Å². The third-order valence-corrected chi connectivity index (χ3v) is 2.65. The van der Waals surface area contributed by atoms with Crippen LogP contribution in [-0.4, -0.2) is 43.1 Å². The number of carbonyl (C=O) groups excluding carboxylic acids is 3. The fourth-order valence-electron chi connectivity index (χ4n) is 1.20. The fraction of sp³-hybridized carbons (Fsp3) is 0.545. The first kappa shape index (κ1) is 11.9. The van der Waals surface area contributed by atoms with Crippen molar-refractivity contribution in [3.63, 3.8) is 0 Å². The highest BCUT2D eigenvalue weighted by atomic mass is 16.6. The van der Waals surface area contributed by atoms with Gasteiger partial charge in [0.05, 0.1) is 13.2 Å². The molecule has 0 N–H and O–H groups in total. The van der Waals surface area contributed by atoms with Gasteiger partial charge in [0.15, 0.2) is 11.9 Å². The van der Waals surface area contributed by atoms with Crippen LogP contribution in [0.4, 0.5) is 0 Å². The van der Waals surface area contributed by atoms with Crippen LogP contribution in [0.2, 0.25) is 0 Å². The van der Waals surface area contributed by atoms with E-state index in [1.165, 1.54) is 13.8 Å². The van der Waals surface area contributed by atoms with Gasteiger partial charge in [0.1, 0.15) is 6.10 Å². The van der Waals surface area contributed by atoms with Crippen molar-refractivity contribution >= 4 is 17.7 Å². The molecule has 2 heterocycles. The van der Waals surface area contributed by atoms with E-state index in [1.807, 2.05) is 0 Å². The molecule has 0 aromatic rings. The number of ketones is 1. The smallest absolute Gasteiger partial charge is 0.345 e. The van der Waals surface area contributed by atoms with Crippen molar-refractivity contribution in [1.82, 2.24) is 0 Å². The number of hydrogen-bond donors (Lipinski definition) is 0. The van der Waals surface area contributed by atoms with E-state index < -0.39 is 24.1 Å². The second-order valence-electron chi connectivity index (χ2n) is 3.97. The number of carbonyl (C=O) groups is 3. The van der Waals surface area contributed by atoms with Gasteiger partial charge in [-0.3, -0.25) is 4.79 Å². The van der Waals surface area contributed by atoms with Gasteiger partial charge in [0, 0.05) is 11.1 Å². The van der Waals surface area contributed by atoms with Gasteiger partial charge >= 0.3 is 11.9 Å². The average Bonchev–Trinajstić information content (AvgIpc) is 3.18. The summed E-state index contributed by atoms with van der Waals surface area (Å²) < 4.78 is 14.1. The molecule has 92 valence electrons. The van der Waals surface area contributed by atoms with E-state index in [0.29, 0.717) is 6.61 Å². The van der Waals surface area contributed by atoms with Gasteiger partial charge in [-0.1, -0.05) is 0 Å². The Morgan fingerprint density at radius 3 is 2.00 bits per heavy atom. The second-order valence-corrected chi connectivity index (χ2v) is 3.97. The minimum absolute atomic E-state index is 0.125. The molecule has 6 heteroatoms. The molecule has 2 fully saturated rings. The molecule has 0 aromatic heterocycles. The van der Waals surface area contributed by atoms with E-state index in [1.54, 1.807) is 0 Å². The first-order valence-electron chi connectivity index (χ1n) is 5.21. The number of Topliss-reactive ketones (excluding diaryl/α,β-unsaturated/α-hetero) is 1. The van der Waals surface area contributed by atoms with Gasteiger partial charge in [0.2, 0.25) is 0 Å². The Kier molecular flexibility index (Phi) is 3.08.